The standard InChI is InChI=1S/C12H12N6O/c1-18(2)11-15-10(14)16-12(17-11)19-9-6-4-3-5-8(9)7-13/h3-6H,1-2H3,(H2,14,15,16,17). The monoisotopic (exact) mass is 256 g/mol. The first kappa shape index (κ1) is 12.6. The van der Waals surface area contributed by atoms with Crippen LogP contribution in [0.4, 0.5) is 11.9 Å². The number of ether oxygens (including phenoxy) is 1. The van der Waals surface area contributed by atoms with Crippen molar-refractivity contribution >= 4 is 11.9 Å². The fourth-order valence-corrected chi connectivity index (χ4v) is 1.35. The van der Waals surface area contributed by atoms with Gasteiger partial charge in [-0.3, -0.25) is 0 Å². The van der Waals surface area contributed by atoms with Crippen LogP contribution in [0.1, 0.15) is 5.56 Å². The molecule has 2 aromatic rings. The second kappa shape index (κ2) is 5.18. The number of nitrogens with two attached hydrogens (primary N) is 1. The van der Waals surface area contributed by atoms with Gasteiger partial charge in [0.2, 0.25) is 11.9 Å². The lowest BCUT2D eigenvalue weighted by molar-refractivity contribution is 0.439. The third kappa shape index (κ3) is 2.87. The third-order valence-electron chi connectivity index (χ3n) is 2.23. The maximum absolute atomic E-state index is 8.98. The number of nitrogens with zero attached hydrogens (tertiary/aromatic N) is 5. The van der Waals surface area contributed by atoms with Gasteiger partial charge >= 0.3 is 6.01 Å². The van der Waals surface area contributed by atoms with Crippen molar-refractivity contribution in [1.82, 2.24) is 15.0 Å². The Morgan fingerprint density at radius 1 is 1.21 bits per heavy atom. The van der Waals surface area contributed by atoms with Crippen LogP contribution in [0.2, 0.25) is 0 Å². The van der Waals surface area contributed by atoms with E-state index < -0.39 is 0 Å². The topological polar surface area (TPSA) is 101 Å². The largest absolute Gasteiger partial charge is 0.423 e. The lowest BCUT2D eigenvalue weighted by Crippen LogP contribution is -2.15. The molecule has 96 valence electrons. The van der Waals surface area contributed by atoms with E-state index in [-0.39, 0.29) is 12.0 Å². The minimum Gasteiger partial charge on any atom is -0.423 e. The summed E-state index contributed by atoms with van der Waals surface area (Å²) in [6.07, 6.45) is 0. The number of aromatic nitrogens is 3. The average Bonchev–Trinajstić information content (AvgIpc) is 2.38. The number of hydrogen-bond donors (Lipinski definition) is 1. The van der Waals surface area contributed by atoms with Crippen LogP contribution in [0, 0.1) is 11.3 Å². The molecule has 0 aliphatic carbocycles. The summed E-state index contributed by atoms with van der Waals surface area (Å²) in [4.78, 5) is 13.6. The van der Waals surface area contributed by atoms with Gasteiger partial charge in [-0.2, -0.15) is 20.2 Å². The highest BCUT2D eigenvalue weighted by Crippen LogP contribution is 2.23. The van der Waals surface area contributed by atoms with Crippen LogP contribution in [-0.2, 0) is 0 Å². The van der Waals surface area contributed by atoms with Gasteiger partial charge in [0, 0.05) is 14.1 Å². The van der Waals surface area contributed by atoms with Gasteiger partial charge in [0.05, 0.1) is 5.56 Å². The zero-order chi connectivity index (χ0) is 13.8. The van der Waals surface area contributed by atoms with Crippen molar-refractivity contribution in [2.75, 3.05) is 24.7 Å². The molecule has 7 nitrogen and oxygen atoms in total. The summed E-state index contributed by atoms with van der Waals surface area (Å²) >= 11 is 0. The fraction of sp³-hybridized carbons (Fsp3) is 0.167. The molecule has 2 rings (SSSR count). The Morgan fingerprint density at radius 3 is 2.63 bits per heavy atom. The molecule has 19 heavy (non-hydrogen) atoms. The predicted molar refractivity (Wildman–Crippen MR) is 69.8 cm³/mol. The van der Waals surface area contributed by atoms with Gasteiger partial charge in [-0.1, -0.05) is 12.1 Å². The van der Waals surface area contributed by atoms with Gasteiger partial charge in [-0.15, -0.1) is 0 Å². The molecule has 0 spiro atoms. The van der Waals surface area contributed by atoms with E-state index in [1.807, 2.05) is 6.07 Å². The Bertz CT molecular complexity index is 634. The van der Waals surface area contributed by atoms with E-state index in [1.165, 1.54) is 0 Å². The van der Waals surface area contributed by atoms with Gasteiger partial charge in [-0.25, -0.2) is 0 Å². The van der Waals surface area contributed by atoms with Crippen LogP contribution in [0.3, 0.4) is 0 Å². The minimum absolute atomic E-state index is 0.0545. The van der Waals surface area contributed by atoms with Crippen molar-refractivity contribution in [2.45, 2.75) is 0 Å². The van der Waals surface area contributed by atoms with E-state index in [0.29, 0.717) is 17.3 Å². The maximum atomic E-state index is 8.98. The molecule has 0 atom stereocenters. The summed E-state index contributed by atoms with van der Waals surface area (Å²) < 4.78 is 5.48. The summed E-state index contributed by atoms with van der Waals surface area (Å²) in [5.41, 5.74) is 5.98. The Balaban J connectivity index is 2.36. The van der Waals surface area contributed by atoms with Crippen molar-refractivity contribution in [3.63, 3.8) is 0 Å². The number of rotatable bonds is 3. The van der Waals surface area contributed by atoms with Crippen LogP contribution in [0.5, 0.6) is 11.8 Å². The molecule has 0 aliphatic rings. The van der Waals surface area contributed by atoms with Crippen LogP contribution in [-0.4, -0.2) is 29.0 Å². The van der Waals surface area contributed by atoms with Gasteiger partial charge in [0.1, 0.15) is 11.8 Å². The highest BCUT2D eigenvalue weighted by atomic mass is 16.5. The Morgan fingerprint density at radius 2 is 1.95 bits per heavy atom. The van der Waals surface area contributed by atoms with Gasteiger partial charge in [0.25, 0.3) is 0 Å². The summed E-state index contributed by atoms with van der Waals surface area (Å²) in [5.74, 6) is 0.820. The molecule has 0 saturated heterocycles. The molecular formula is C12H12N6O. The normalized spacial score (nSPS) is 9.74. The first-order valence-electron chi connectivity index (χ1n) is 5.46. The second-order valence-electron chi connectivity index (χ2n) is 3.88. The predicted octanol–water partition coefficient (Wildman–Crippen LogP) is 1.18. The Kier molecular flexibility index (Phi) is 3.43. The molecule has 1 heterocycles. The molecule has 0 amide bonds. The quantitative estimate of drug-likeness (QED) is 0.879. The molecule has 1 aromatic carbocycles. The first-order chi connectivity index (χ1) is 9.10. The minimum atomic E-state index is 0.0545. The van der Waals surface area contributed by atoms with Gasteiger partial charge in [0.15, 0.2) is 0 Å². The molecule has 0 radical (unpaired) electrons. The number of benzene rings is 1. The molecule has 0 saturated carbocycles. The highest BCUT2D eigenvalue weighted by molar-refractivity contribution is 5.44. The molecule has 0 unspecified atom stereocenters. The molecule has 0 bridgehead atoms. The summed E-state index contributed by atoms with van der Waals surface area (Å²) in [6, 6.07) is 8.90. The molecule has 0 aliphatic heterocycles. The smallest absolute Gasteiger partial charge is 0.328 e. The van der Waals surface area contributed by atoms with Crippen molar-refractivity contribution in [3.05, 3.63) is 29.8 Å². The Labute approximate surface area is 110 Å². The second-order valence-corrected chi connectivity index (χ2v) is 3.88. The molecule has 2 N–H and O–H groups in total. The fourth-order valence-electron chi connectivity index (χ4n) is 1.35. The number of para-hydroxylation sites is 1. The zero-order valence-electron chi connectivity index (χ0n) is 10.5. The molecule has 1 aromatic heterocycles. The van der Waals surface area contributed by atoms with Crippen LogP contribution < -0.4 is 15.4 Å². The number of anilines is 2. The SMILES string of the molecule is CN(C)c1nc(N)nc(Oc2ccccc2C#N)n1. The maximum Gasteiger partial charge on any atom is 0.328 e. The van der Waals surface area contributed by atoms with E-state index in [1.54, 1.807) is 43.3 Å². The van der Waals surface area contributed by atoms with E-state index in [9.17, 15) is 0 Å². The highest BCUT2D eigenvalue weighted by Gasteiger charge is 2.10. The molecular weight excluding hydrogens is 244 g/mol. The van der Waals surface area contributed by atoms with E-state index in [2.05, 4.69) is 15.0 Å². The number of nitrogen functional groups attached to an aromatic ring is 1. The van der Waals surface area contributed by atoms with Crippen LogP contribution in [0.15, 0.2) is 24.3 Å². The van der Waals surface area contributed by atoms with Gasteiger partial charge < -0.3 is 15.4 Å². The lowest BCUT2D eigenvalue weighted by atomic mass is 10.2. The van der Waals surface area contributed by atoms with E-state index in [0.717, 1.165) is 0 Å². The van der Waals surface area contributed by atoms with E-state index >= 15 is 0 Å². The van der Waals surface area contributed by atoms with Crippen molar-refractivity contribution in [2.24, 2.45) is 0 Å². The third-order valence-corrected chi connectivity index (χ3v) is 2.23. The van der Waals surface area contributed by atoms with Crippen molar-refractivity contribution in [3.8, 4) is 17.8 Å². The molecule has 7 heteroatoms. The first-order valence-corrected chi connectivity index (χ1v) is 5.46. The van der Waals surface area contributed by atoms with Gasteiger partial charge in [-0.05, 0) is 12.1 Å². The van der Waals surface area contributed by atoms with Crippen LogP contribution in [0.25, 0.3) is 0 Å². The van der Waals surface area contributed by atoms with Crippen molar-refractivity contribution in [1.29, 1.82) is 5.26 Å². The summed E-state index contributed by atoms with van der Waals surface area (Å²) in [6.45, 7) is 0. The number of hydrogen-bond acceptors (Lipinski definition) is 7. The van der Waals surface area contributed by atoms with Crippen LogP contribution >= 0.6 is 0 Å². The number of nitriles is 1. The summed E-state index contributed by atoms with van der Waals surface area (Å²) in [7, 11) is 3.56. The lowest BCUT2D eigenvalue weighted by Gasteiger charge is -2.11. The molecule has 0 fully saturated rings. The zero-order valence-corrected chi connectivity index (χ0v) is 10.5. The van der Waals surface area contributed by atoms with Crippen molar-refractivity contribution < 1.29 is 4.74 Å². The summed E-state index contributed by atoms with van der Waals surface area (Å²) in [5, 5.41) is 8.98. The average molecular weight is 256 g/mol. The van der Waals surface area contributed by atoms with E-state index in [4.69, 9.17) is 15.7 Å². The Hall–Kier alpha value is -2.88.